The highest BCUT2D eigenvalue weighted by atomic mass is 32.2. The number of halogens is 1. The van der Waals surface area contributed by atoms with E-state index in [1.807, 2.05) is 26.8 Å². The molecule has 9 heteroatoms. The van der Waals surface area contributed by atoms with E-state index in [0.717, 1.165) is 21.9 Å². The molecule has 0 aliphatic carbocycles. The number of carbonyl (C=O) groups is 2. The third-order valence-corrected chi connectivity index (χ3v) is 8.48. The maximum Gasteiger partial charge on any atom is 0.264 e. The number of aryl methyl sites for hydroxylation is 3. The molecule has 0 radical (unpaired) electrons. The molecule has 0 heterocycles. The number of hydrogen-bond acceptors (Lipinski definition) is 4. The fourth-order valence-corrected chi connectivity index (χ4v) is 5.99. The van der Waals surface area contributed by atoms with E-state index in [2.05, 4.69) is 5.32 Å². The zero-order valence-corrected chi connectivity index (χ0v) is 24.6. The van der Waals surface area contributed by atoms with E-state index in [1.54, 1.807) is 50.2 Å². The fraction of sp³-hybridized carbons (Fsp3) is 0.355. The van der Waals surface area contributed by atoms with Crippen molar-refractivity contribution in [1.29, 1.82) is 0 Å². The molecule has 3 rings (SSSR count). The molecular weight excluding hydrogens is 529 g/mol. The molecule has 0 aliphatic rings. The van der Waals surface area contributed by atoms with Gasteiger partial charge in [-0.3, -0.25) is 13.9 Å². The van der Waals surface area contributed by atoms with Gasteiger partial charge in [-0.05, 0) is 75.1 Å². The molecule has 0 saturated heterocycles. The SMILES string of the molecule is CCCNC(=O)[C@@H](CC)N(Cc1ccc(F)cc1)C(=O)CN(c1ccc(C)cc1C)S(=O)(=O)c1ccc(C)cc1. The minimum atomic E-state index is -4.14. The van der Waals surface area contributed by atoms with Gasteiger partial charge in [0.2, 0.25) is 11.8 Å². The summed E-state index contributed by atoms with van der Waals surface area (Å²) < 4.78 is 42.7. The Morgan fingerprint density at radius 3 is 2.10 bits per heavy atom. The number of anilines is 1. The molecule has 214 valence electrons. The Balaban J connectivity index is 2.08. The lowest BCUT2D eigenvalue weighted by atomic mass is 10.1. The molecule has 0 aliphatic heterocycles. The highest BCUT2D eigenvalue weighted by Gasteiger charge is 2.34. The highest BCUT2D eigenvalue weighted by molar-refractivity contribution is 7.92. The van der Waals surface area contributed by atoms with Gasteiger partial charge in [0.1, 0.15) is 18.4 Å². The third-order valence-electron chi connectivity index (χ3n) is 6.71. The van der Waals surface area contributed by atoms with E-state index in [0.29, 0.717) is 29.8 Å². The zero-order valence-electron chi connectivity index (χ0n) is 23.8. The van der Waals surface area contributed by atoms with Crippen LogP contribution in [0.1, 0.15) is 48.9 Å². The number of rotatable bonds is 12. The van der Waals surface area contributed by atoms with Gasteiger partial charge in [-0.2, -0.15) is 0 Å². The van der Waals surface area contributed by atoms with Gasteiger partial charge in [-0.25, -0.2) is 12.8 Å². The van der Waals surface area contributed by atoms with E-state index in [1.165, 1.54) is 29.2 Å². The number of sulfonamides is 1. The minimum absolute atomic E-state index is 0.0163. The molecule has 3 aromatic rings. The van der Waals surface area contributed by atoms with E-state index < -0.39 is 34.3 Å². The first-order valence-electron chi connectivity index (χ1n) is 13.5. The van der Waals surface area contributed by atoms with Gasteiger partial charge < -0.3 is 10.2 Å². The van der Waals surface area contributed by atoms with Crippen LogP contribution in [0.4, 0.5) is 10.1 Å². The molecule has 2 amide bonds. The van der Waals surface area contributed by atoms with Gasteiger partial charge in [-0.15, -0.1) is 0 Å². The second kappa shape index (κ2) is 13.6. The van der Waals surface area contributed by atoms with Crippen molar-refractivity contribution >= 4 is 27.5 Å². The summed E-state index contributed by atoms with van der Waals surface area (Å²) in [6.07, 6.45) is 1.04. The minimum Gasteiger partial charge on any atom is -0.354 e. The van der Waals surface area contributed by atoms with Gasteiger partial charge in [-0.1, -0.05) is 61.4 Å². The van der Waals surface area contributed by atoms with E-state index in [-0.39, 0.29) is 17.3 Å². The molecule has 1 atom stereocenters. The van der Waals surface area contributed by atoms with E-state index >= 15 is 0 Å². The summed E-state index contributed by atoms with van der Waals surface area (Å²) in [4.78, 5) is 28.6. The summed E-state index contributed by atoms with van der Waals surface area (Å²) in [7, 11) is -4.14. The molecule has 0 spiro atoms. The van der Waals surface area contributed by atoms with Crippen LogP contribution in [-0.4, -0.2) is 44.3 Å². The molecular formula is C31H38FN3O4S. The summed E-state index contributed by atoms with van der Waals surface area (Å²) in [5, 5.41) is 2.85. The third kappa shape index (κ3) is 7.47. The van der Waals surface area contributed by atoms with E-state index in [4.69, 9.17) is 0 Å². The van der Waals surface area contributed by atoms with Crippen LogP contribution in [0.15, 0.2) is 71.6 Å². The Hall–Kier alpha value is -3.72. The van der Waals surface area contributed by atoms with Crippen molar-refractivity contribution in [3.05, 3.63) is 94.8 Å². The van der Waals surface area contributed by atoms with Crippen LogP contribution in [-0.2, 0) is 26.2 Å². The summed E-state index contributed by atoms with van der Waals surface area (Å²) in [5.74, 6) is -1.28. The van der Waals surface area contributed by atoms with Crippen LogP contribution in [0.5, 0.6) is 0 Å². The first kappa shape index (κ1) is 30.8. The number of carbonyl (C=O) groups excluding carboxylic acids is 2. The zero-order chi connectivity index (χ0) is 29.4. The van der Waals surface area contributed by atoms with Crippen molar-refractivity contribution in [1.82, 2.24) is 10.2 Å². The van der Waals surface area contributed by atoms with E-state index in [9.17, 15) is 22.4 Å². The van der Waals surface area contributed by atoms with Gasteiger partial charge in [0, 0.05) is 13.1 Å². The first-order valence-corrected chi connectivity index (χ1v) is 14.9. The van der Waals surface area contributed by atoms with Gasteiger partial charge >= 0.3 is 0 Å². The maximum absolute atomic E-state index is 14.1. The Kier molecular flexibility index (Phi) is 10.5. The topological polar surface area (TPSA) is 86.8 Å². The van der Waals surface area contributed by atoms with Crippen molar-refractivity contribution in [3.8, 4) is 0 Å². The molecule has 40 heavy (non-hydrogen) atoms. The average Bonchev–Trinajstić information content (AvgIpc) is 2.92. The van der Waals surface area contributed by atoms with Gasteiger partial charge in [0.25, 0.3) is 10.0 Å². The molecule has 0 aromatic heterocycles. The largest absolute Gasteiger partial charge is 0.354 e. The Morgan fingerprint density at radius 2 is 1.52 bits per heavy atom. The summed E-state index contributed by atoms with van der Waals surface area (Å²) in [6.45, 7) is 9.25. The average molecular weight is 568 g/mol. The van der Waals surface area contributed by atoms with Crippen LogP contribution in [0.3, 0.4) is 0 Å². The molecule has 0 saturated carbocycles. The standard InChI is InChI=1S/C31H38FN3O4S/c1-6-18-33-31(37)28(7-2)34(20-25-11-13-26(32)14-12-25)30(36)21-35(29-17-10-23(4)19-24(29)5)40(38,39)27-15-8-22(3)9-16-27/h8-17,19,28H,6-7,18,20-21H2,1-5H3,(H,33,37)/t28-/m1/s1. The normalized spacial score (nSPS) is 12.1. The summed E-state index contributed by atoms with van der Waals surface area (Å²) >= 11 is 0. The fourth-order valence-electron chi connectivity index (χ4n) is 4.51. The van der Waals surface area contributed by atoms with Crippen LogP contribution < -0.4 is 9.62 Å². The molecule has 0 fully saturated rings. The molecule has 0 bridgehead atoms. The summed E-state index contributed by atoms with van der Waals surface area (Å²) in [5.41, 5.74) is 3.56. The highest BCUT2D eigenvalue weighted by Crippen LogP contribution is 2.28. The number of nitrogens with zero attached hydrogens (tertiary/aromatic N) is 2. The quantitative estimate of drug-likeness (QED) is 0.323. The first-order chi connectivity index (χ1) is 19.0. The number of benzene rings is 3. The maximum atomic E-state index is 14.1. The van der Waals surface area contributed by atoms with Crippen molar-refractivity contribution < 1.29 is 22.4 Å². The van der Waals surface area contributed by atoms with Crippen LogP contribution >= 0.6 is 0 Å². The van der Waals surface area contributed by atoms with Crippen molar-refractivity contribution in [2.45, 2.75) is 64.9 Å². The second-order valence-corrected chi connectivity index (χ2v) is 11.8. The number of nitrogens with one attached hydrogen (secondary N) is 1. The number of hydrogen-bond donors (Lipinski definition) is 1. The Labute approximate surface area is 237 Å². The van der Waals surface area contributed by atoms with Crippen LogP contribution in [0, 0.1) is 26.6 Å². The van der Waals surface area contributed by atoms with Crippen molar-refractivity contribution in [2.24, 2.45) is 0 Å². The summed E-state index contributed by atoms with van der Waals surface area (Å²) in [6, 6.07) is 16.7. The van der Waals surface area contributed by atoms with Crippen LogP contribution in [0.2, 0.25) is 0 Å². The smallest absolute Gasteiger partial charge is 0.264 e. The van der Waals surface area contributed by atoms with Crippen molar-refractivity contribution in [2.75, 3.05) is 17.4 Å². The lowest BCUT2D eigenvalue weighted by Gasteiger charge is -2.33. The Morgan fingerprint density at radius 1 is 0.900 bits per heavy atom. The molecule has 1 N–H and O–H groups in total. The number of amides is 2. The van der Waals surface area contributed by atoms with Gasteiger partial charge in [0.15, 0.2) is 0 Å². The van der Waals surface area contributed by atoms with Gasteiger partial charge in [0.05, 0.1) is 10.6 Å². The molecule has 7 nitrogen and oxygen atoms in total. The Bertz CT molecular complexity index is 1420. The lowest BCUT2D eigenvalue weighted by Crippen LogP contribution is -2.52. The lowest BCUT2D eigenvalue weighted by molar-refractivity contribution is -0.140. The molecule has 0 unspecified atom stereocenters. The predicted octanol–water partition coefficient (Wildman–Crippen LogP) is 5.28. The molecule has 3 aromatic carbocycles. The van der Waals surface area contributed by atoms with Crippen LogP contribution in [0.25, 0.3) is 0 Å². The monoisotopic (exact) mass is 567 g/mol. The predicted molar refractivity (Wildman–Crippen MR) is 156 cm³/mol. The second-order valence-electron chi connectivity index (χ2n) is 9.98. The van der Waals surface area contributed by atoms with Crippen molar-refractivity contribution in [3.63, 3.8) is 0 Å².